The van der Waals surface area contributed by atoms with Gasteiger partial charge < -0.3 is 10.6 Å². The van der Waals surface area contributed by atoms with Crippen molar-refractivity contribution >= 4 is 62.4 Å². The summed E-state index contributed by atoms with van der Waals surface area (Å²) >= 11 is 14.8. The Hall–Kier alpha value is -1.96. The van der Waals surface area contributed by atoms with Crippen molar-refractivity contribution in [3.63, 3.8) is 0 Å². The van der Waals surface area contributed by atoms with Crippen LogP contribution in [0.5, 0.6) is 0 Å². The molecule has 0 spiro atoms. The van der Waals surface area contributed by atoms with Crippen LogP contribution in [0.15, 0.2) is 46.9 Å². The SMILES string of the molecule is O=C(NC(=S)Nc1ccc(Cl)c(C(=O)NC2CCCCC2)c1)c1cccc(Br)c1. The van der Waals surface area contributed by atoms with E-state index in [4.69, 9.17) is 23.8 Å². The van der Waals surface area contributed by atoms with Crippen LogP contribution >= 0.6 is 39.7 Å². The van der Waals surface area contributed by atoms with E-state index >= 15 is 0 Å². The molecule has 1 aliphatic rings. The van der Waals surface area contributed by atoms with Crippen molar-refractivity contribution in [3.05, 3.63) is 63.1 Å². The number of anilines is 1. The molecule has 3 rings (SSSR count). The van der Waals surface area contributed by atoms with Crippen molar-refractivity contribution in [2.24, 2.45) is 0 Å². The molecule has 2 amide bonds. The van der Waals surface area contributed by atoms with E-state index in [1.165, 1.54) is 6.42 Å². The molecule has 29 heavy (non-hydrogen) atoms. The highest BCUT2D eigenvalue weighted by Crippen LogP contribution is 2.23. The minimum Gasteiger partial charge on any atom is -0.349 e. The number of halogens is 2. The van der Waals surface area contributed by atoms with E-state index in [1.807, 2.05) is 6.07 Å². The van der Waals surface area contributed by atoms with Crippen LogP contribution in [0.2, 0.25) is 5.02 Å². The van der Waals surface area contributed by atoms with Gasteiger partial charge >= 0.3 is 0 Å². The van der Waals surface area contributed by atoms with Gasteiger partial charge in [-0.3, -0.25) is 14.9 Å². The summed E-state index contributed by atoms with van der Waals surface area (Å²) < 4.78 is 0.801. The fourth-order valence-corrected chi connectivity index (χ4v) is 4.07. The Morgan fingerprint density at radius 1 is 1.03 bits per heavy atom. The molecule has 3 N–H and O–H groups in total. The molecule has 0 aliphatic heterocycles. The van der Waals surface area contributed by atoms with E-state index < -0.39 is 0 Å². The predicted molar refractivity (Wildman–Crippen MR) is 124 cm³/mol. The molecule has 0 bridgehead atoms. The highest BCUT2D eigenvalue weighted by Gasteiger charge is 2.19. The van der Waals surface area contributed by atoms with E-state index in [2.05, 4.69) is 31.9 Å². The van der Waals surface area contributed by atoms with Gasteiger partial charge in [0, 0.05) is 21.8 Å². The minimum atomic E-state index is -0.326. The van der Waals surface area contributed by atoms with Crippen molar-refractivity contribution in [2.75, 3.05) is 5.32 Å². The molecule has 0 saturated heterocycles. The largest absolute Gasteiger partial charge is 0.349 e. The van der Waals surface area contributed by atoms with E-state index in [1.54, 1.807) is 36.4 Å². The number of amides is 2. The van der Waals surface area contributed by atoms with Crippen molar-refractivity contribution in [3.8, 4) is 0 Å². The van der Waals surface area contributed by atoms with Gasteiger partial charge in [-0.25, -0.2) is 0 Å². The van der Waals surface area contributed by atoms with Gasteiger partial charge in [0.1, 0.15) is 0 Å². The topological polar surface area (TPSA) is 70.2 Å². The molecule has 2 aromatic carbocycles. The van der Waals surface area contributed by atoms with Gasteiger partial charge in [-0.05, 0) is 61.5 Å². The first-order valence-electron chi connectivity index (χ1n) is 9.40. The highest BCUT2D eigenvalue weighted by atomic mass is 79.9. The summed E-state index contributed by atoms with van der Waals surface area (Å²) in [5, 5.41) is 9.12. The number of carbonyl (C=O) groups excluding carboxylic acids is 2. The number of carbonyl (C=O) groups is 2. The number of hydrogen-bond donors (Lipinski definition) is 3. The fourth-order valence-electron chi connectivity index (χ4n) is 3.25. The second-order valence-corrected chi connectivity index (χ2v) is 8.65. The van der Waals surface area contributed by atoms with E-state index in [0.717, 1.165) is 30.2 Å². The molecule has 1 fully saturated rings. The lowest BCUT2D eigenvalue weighted by molar-refractivity contribution is 0.0926. The molecule has 0 unspecified atom stereocenters. The van der Waals surface area contributed by atoms with Gasteiger partial charge in [-0.15, -0.1) is 0 Å². The highest BCUT2D eigenvalue weighted by molar-refractivity contribution is 9.10. The summed E-state index contributed by atoms with van der Waals surface area (Å²) in [5.74, 6) is -0.525. The van der Waals surface area contributed by atoms with Crippen molar-refractivity contribution in [2.45, 2.75) is 38.1 Å². The molecule has 0 heterocycles. The third-order valence-electron chi connectivity index (χ3n) is 4.72. The third-order valence-corrected chi connectivity index (χ3v) is 5.75. The number of rotatable bonds is 4. The van der Waals surface area contributed by atoms with Crippen LogP contribution in [0.25, 0.3) is 0 Å². The van der Waals surface area contributed by atoms with Crippen LogP contribution in [0.1, 0.15) is 52.8 Å². The lowest BCUT2D eigenvalue weighted by atomic mass is 9.95. The zero-order valence-electron chi connectivity index (χ0n) is 15.6. The molecule has 0 radical (unpaired) electrons. The Morgan fingerprint density at radius 3 is 2.52 bits per heavy atom. The smallest absolute Gasteiger partial charge is 0.257 e. The molecule has 0 aromatic heterocycles. The molecule has 2 aromatic rings. The number of hydrogen-bond acceptors (Lipinski definition) is 3. The summed E-state index contributed by atoms with van der Waals surface area (Å²) in [6.45, 7) is 0. The Balaban J connectivity index is 1.63. The van der Waals surface area contributed by atoms with Gasteiger partial charge in [0.15, 0.2) is 5.11 Å². The average molecular weight is 495 g/mol. The average Bonchev–Trinajstić information content (AvgIpc) is 2.70. The van der Waals surface area contributed by atoms with Crippen molar-refractivity contribution in [1.29, 1.82) is 0 Å². The Morgan fingerprint density at radius 2 is 1.79 bits per heavy atom. The zero-order chi connectivity index (χ0) is 20.8. The number of nitrogens with one attached hydrogen (secondary N) is 3. The van der Waals surface area contributed by atoms with Crippen LogP contribution in [0.4, 0.5) is 5.69 Å². The first-order chi connectivity index (χ1) is 13.9. The number of benzene rings is 2. The van der Waals surface area contributed by atoms with Crippen LogP contribution in [-0.4, -0.2) is 23.0 Å². The van der Waals surface area contributed by atoms with Gasteiger partial charge in [-0.1, -0.05) is 52.9 Å². The predicted octanol–water partition coefficient (Wildman–Crippen LogP) is 5.29. The maximum absolute atomic E-state index is 12.6. The molecule has 5 nitrogen and oxygen atoms in total. The van der Waals surface area contributed by atoms with Gasteiger partial charge in [0.05, 0.1) is 10.6 Å². The standard InChI is InChI=1S/C21H21BrClN3O2S/c22-14-6-4-5-13(11-14)19(27)26-21(29)25-16-9-10-18(23)17(12-16)20(28)24-15-7-2-1-3-8-15/h4-6,9-12,15H,1-3,7-8H2,(H,24,28)(H2,25,26,27,29). The molecule has 152 valence electrons. The monoisotopic (exact) mass is 493 g/mol. The summed E-state index contributed by atoms with van der Waals surface area (Å²) in [6.07, 6.45) is 5.47. The molecule has 1 aliphatic carbocycles. The second-order valence-electron chi connectivity index (χ2n) is 6.92. The van der Waals surface area contributed by atoms with Crippen LogP contribution in [0.3, 0.4) is 0 Å². The minimum absolute atomic E-state index is 0.135. The first-order valence-corrected chi connectivity index (χ1v) is 11.0. The second kappa shape index (κ2) is 10.2. The summed E-state index contributed by atoms with van der Waals surface area (Å²) in [7, 11) is 0. The molecular weight excluding hydrogens is 474 g/mol. The quantitative estimate of drug-likeness (QED) is 0.505. The summed E-state index contributed by atoms with van der Waals surface area (Å²) in [5.41, 5.74) is 1.43. The lowest BCUT2D eigenvalue weighted by Gasteiger charge is -2.23. The molecular formula is C21H21BrClN3O2S. The maximum Gasteiger partial charge on any atom is 0.257 e. The van der Waals surface area contributed by atoms with Crippen LogP contribution in [-0.2, 0) is 0 Å². The number of thiocarbonyl (C=S) groups is 1. The molecule has 0 atom stereocenters. The summed E-state index contributed by atoms with van der Waals surface area (Å²) in [6, 6.07) is 12.2. The van der Waals surface area contributed by atoms with Gasteiger partial charge in [-0.2, -0.15) is 0 Å². The van der Waals surface area contributed by atoms with Crippen LogP contribution in [0, 0.1) is 0 Å². The Labute approximate surface area is 188 Å². The lowest BCUT2D eigenvalue weighted by Crippen LogP contribution is -2.36. The van der Waals surface area contributed by atoms with Crippen molar-refractivity contribution in [1.82, 2.24) is 10.6 Å². The fraction of sp³-hybridized carbons (Fsp3) is 0.286. The Bertz CT molecular complexity index is 932. The third kappa shape index (κ3) is 6.26. The molecule has 8 heteroatoms. The van der Waals surface area contributed by atoms with Gasteiger partial charge in [0.25, 0.3) is 11.8 Å². The van der Waals surface area contributed by atoms with E-state index in [0.29, 0.717) is 21.8 Å². The Kier molecular flexibility index (Phi) is 7.64. The molecule has 1 saturated carbocycles. The normalized spacial score (nSPS) is 14.1. The van der Waals surface area contributed by atoms with Crippen molar-refractivity contribution < 1.29 is 9.59 Å². The van der Waals surface area contributed by atoms with E-state index in [9.17, 15) is 9.59 Å². The van der Waals surface area contributed by atoms with E-state index in [-0.39, 0.29) is 23.0 Å². The maximum atomic E-state index is 12.6. The first kappa shape index (κ1) is 21.7. The van der Waals surface area contributed by atoms with Crippen LogP contribution < -0.4 is 16.0 Å². The zero-order valence-corrected chi connectivity index (χ0v) is 18.8. The summed E-state index contributed by atoms with van der Waals surface area (Å²) in [4.78, 5) is 24.9. The van der Waals surface area contributed by atoms with Gasteiger partial charge in [0.2, 0.25) is 0 Å².